The molecule has 0 saturated heterocycles. The molecule has 0 aliphatic heterocycles. The molecule has 138 valence electrons. The number of carbonyl (C=O) groups excluding carboxylic acids is 2. The zero-order valence-electron chi connectivity index (χ0n) is 14.2. The highest BCUT2D eigenvalue weighted by molar-refractivity contribution is 9.10. The van der Waals surface area contributed by atoms with E-state index in [0.29, 0.717) is 5.56 Å². The standard InChI is InChI=1S/C19H16Br2N4O2/c20-14-3-5-16(6-4-14)24-18(26)9-10-22-19(27)13-1-7-17(8-2-13)25-12-15(21)11-23-25/h1-8,11-12H,9-10H2,(H,22,27)(H,24,26). The second-order valence-electron chi connectivity index (χ2n) is 5.71. The van der Waals surface area contributed by atoms with E-state index >= 15 is 0 Å². The molecule has 6 nitrogen and oxygen atoms in total. The van der Waals surface area contributed by atoms with Crippen molar-refractivity contribution < 1.29 is 9.59 Å². The van der Waals surface area contributed by atoms with Gasteiger partial charge in [-0.2, -0.15) is 5.10 Å². The van der Waals surface area contributed by atoms with Crippen LogP contribution in [-0.2, 0) is 4.79 Å². The fraction of sp³-hybridized carbons (Fsp3) is 0.105. The van der Waals surface area contributed by atoms with Gasteiger partial charge in [0.05, 0.1) is 16.4 Å². The Kier molecular flexibility index (Phi) is 6.41. The quantitative estimate of drug-likeness (QED) is 0.543. The van der Waals surface area contributed by atoms with Gasteiger partial charge in [-0.15, -0.1) is 0 Å². The smallest absolute Gasteiger partial charge is 0.251 e. The molecule has 0 unspecified atom stereocenters. The first kappa shape index (κ1) is 19.3. The summed E-state index contributed by atoms with van der Waals surface area (Å²) in [6.07, 6.45) is 3.72. The lowest BCUT2D eigenvalue weighted by Crippen LogP contribution is -2.27. The lowest BCUT2D eigenvalue weighted by atomic mass is 10.2. The fourth-order valence-corrected chi connectivity index (χ4v) is 2.91. The lowest BCUT2D eigenvalue weighted by molar-refractivity contribution is -0.116. The number of anilines is 1. The van der Waals surface area contributed by atoms with Gasteiger partial charge in [0.25, 0.3) is 5.91 Å². The summed E-state index contributed by atoms with van der Waals surface area (Å²) in [7, 11) is 0. The first-order valence-corrected chi connectivity index (χ1v) is 9.74. The molecule has 0 spiro atoms. The first-order chi connectivity index (χ1) is 13.0. The molecule has 0 fully saturated rings. The molecule has 0 aliphatic carbocycles. The van der Waals surface area contributed by atoms with Crippen molar-refractivity contribution in [2.75, 3.05) is 11.9 Å². The van der Waals surface area contributed by atoms with E-state index in [-0.39, 0.29) is 24.8 Å². The molecule has 3 aromatic rings. The minimum atomic E-state index is -0.223. The summed E-state index contributed by atoms with van der Waals surface area (Å²) in [6, 6.07) is 14.4. The average molecular weight is 492 g/mol. The van der Waals surface area contributed by atoms with Crippen LogP contribution in [0, 0.1) is 0 Å². The van der Waals surface area contributed by atoms with Crippen molar-refractivity contribution in [2.24, 2.45) is 0 Å². The van der Waals surface area contributed by atoms with Crippen molar-refractivity contribution in [2.45, 2.75) is 6.42 Å². The molecular weight excluding hydrogens is 476 g/mol. The second kappa shape index (κ2) is 8.96. The number of nitrogens with one attached hydrogen (secondary N) is 2. The number of nitrogens with zero attached hydrogens (tertiary/aromatic N) is 2. The Morgan fingerprint density at radius 1 is 0.963 bits per heavy atom. The predicted molar refractivity (Wildman–Crippen MR) is 111 cm³/mol. The normalized spacial score (nSPS) is 10.4. The van der Waals surface area contributed by atoms with E-state index < -0.39 is 0 Å². The predicted octanol–water partition coefficient (Wildman–Crippen LogP) is 4.16. The molecule has 0 saturated carbocycles. The van der Waals surface area contributed by atoms with Crippen molar-refractivity contribution in [3.05, 3.63) is 75.4 Å². The van der Waals surface area contributed by atoms with E-state index in [4.69, 9.17) is 0 Å². The Morgan fingerprint density at radius 2 is 1.67 bits per heavy atom. The average Bonchev–Trinajstić information content (AvgIpc) is 3.10. The number of hydrogen-bond acceptors (Lipinski definition) is 3. The van der Waals surface area contributed by atoms with Crippen LogP contribution in [0.2, 0.25) is 0 Å². The monoisotopic (exact) mass is 490 g/mol. The summed E-state index contributed by atoms with van der Waals surface area (Å²) >= 11 is 6.69. The van der Waals surface area contributed by atoms with Crippen LogP contribution in [-0.4, -0.2) is 28.1 Å². The highest BCUT2D eigenvalue weighted by atomic mass is 79.9. The second-order valence-corrected chi connectivity index (χ2v) is 7.54. The molecule has 27 heavy (non-hydrogen) atoms. The highest BCUT2D eigenvalue weighted by Gasteiger charge is 2.08. The third-order valence-corrected chi connectivity index (χ3v) is 4.65. The van der Waals surface area contributed by atoms with E-state index in [1.165, 1.54) is 0 Å². The number of rotatable bonds is 6. The van der Waals surface area contributed by atoms with Crippen LogP contribution in [0.5, 0.6) is 0 Å². The first-order valence-electron chi connectivity index (χ1n) is 8.15. The van der Waals surface area contributed by atoms with Gasteiger partial charge in [-0.1, -0.05) is 15.9 Å². The van der Waals surface area contributed by atoms with E-state index in [2.05, 4.69) is 47.6 Å². The van der Waals surface area contributed by atoms with Crippen LogP contribution in [0.3, 0.4) is 0 Å². The third kappa shape index (κ3) is 5.51. The maximum Gasteiger partial charge on any atom is 0.251 e. The third-order valence-electron chi connectivity index (χ3n) is 3.71. The van der Waals surface area contributed by atoms with Crippen molar-refractivity contribution in [3.8, 4) is 5.69 Å². The summed E-state index contributed by atoms with van der Waals surface area (Å²) in [4.78, 5) is 24.1. The van der Waals surface area contributed by atoms with Crippen LogP contribution in [0.15, 0.2) is 69.9 Å². The highest BCUT2D eigenvalue weighted by Crippen LogP contribution is 2.15. The van der Waals surface area contributed by atoms with Crippen molar-refractivity contribution in [3.63, 3.8) is 0 Å². The van der Waals surface area contributed by atoms with Gasteiger partial charge in [0.1, 0.15) is 0 Å². The molecule has 2 aromatic carbocycles. The molecule has 2 N–H and O–H groups in total. The Balaban J connectivity index is 1.47. The molecule has 8 heteroatoms. The van der Waals surface area contributed by atoms with E-state index in [1.807, 2.05) is 30.5 Å². The number of amides is 2. The molecule has 0 atom stereocenters. The van der Waals surface area contributed by atoms with Gasteiger partial charge in [-0.3, -0.25) is 9.59 Å². The van der Waals surface area contributed by atoms with Gasteiger partial charge in [0, 0.05) is 34.9 Å². The van der Waals surface area contributed by atoms with E-state index in [0.717, 1.165) is 20.3 Å². The van der Waals surface area contributed by atoms with Crippen LogP contribution in [0.25, 0.3) is 5.69 Å². The number of benzene rings is 2. The van der Waals surface area contributed by atoms with E-state index in [9.17, 15) is 9.59 Å². The van der Waals surface area contributed by atoms with Crippen molar-refractivity contribution in [1.82, 2.24) is 15.1 Å². The molecule has 1 heterocycles. The molecule has 0 aliphatic rings. The van der Waals surface area contributed by atoms with Crippen LogP contribution in [0.4, 0.5) is 5.69 Å². The molecule has 1 aromatic heterocycles. The number of carbonyl (C=O) groups is 2. The Morgan fingerprint density at radius 3 is 2.30 bits per heavy atom. The van der Waals surface area contributed by atoms with Gasteiger partial charge in [0.2, 0.25) is 5.91 Å². The maximum atomic E-state index is 12.2. The summed E-state index contributed by atoms with van der Waals surface area (Å²) in [5.41, 5.74) is 2.10. The van der Waals surface area contributed by atoms with E-state index in [1.54, 1.807) is 35.1 Å². The van der Waals surface area contributed by atoms with Gasteiger partial charge < -0.3 is 10.6 Å². The topological polar surface area (TPSA) is 76.0 Å². The van der Waals surface area contributed by atoms with Crippen molar-refractivity contribution >= 4 is 49.4 Å². The molecular formula is C19H16Br2N4O2. The minimum absolute atomic E-state index is 0.155. The van der Waals surface area contributed by atoms with Gasteiger partial charge in [0.15, 0.2) is 0 Å². The van der Waals surface area contributed by atoms with Gasteiger partial charge in [-0.05, 0) is 64.5 Å². The SMILES string of the molecule is O=C(CCNC(=O)c1ccc(-n2cc(Br)cn2)cc1)Nc1ccc(Br)cc1. The summed E-state index contributed by atoms with van der Waals surface area (Å²) in [6.45, 7) is 0.259. The van der Waals surface area contributed by atoms with Gasteiger partial charge >= 0.3 is 0 Å². The fourth-order valence-electron chi connectivity index (χ4n) is 2.36. The molecule has 2 amide bonds. The molecule has 0 radical (unpaired) electrons. The van der Waals surface area contributed by atoms with Crippen molar-refractivity contribution in [1.29, 1.82) is 0 Å². The lowest BCUT2D eigenvalue weighted by Gasteiger charge is -2.08. The van der Waals surface area contributed by atoms with Crippen LogP contribution in [0.1, 0.15) is 16.8 Å². The minimum Gasteiger partial charge on any atom is -0.352 e. The number of aromatic nitrogens is 2. The summed E-state index contributed by atoms with van der Waals surface area (Å²) < 4.78 is 3.53. The number of halogens is 2. The summed E-state index contributed by atoms with van der Waals surface area (Å²) in [5, 5.41) is 9.73. The molecule has 3 rings (SSSR count). The largest absolute Gasteiger partial charge is 0.352 e. The molecule has 0 bridgehead atoms. The Labute approximate surface area is 173 Å². The van der Waals surface area contributed by atoms with Crippen LogP contribution < -0.4 is 10.6 Å². The van der Waals surface area contributed by atoms with Gasteiger partial charge in [-0.25, -0.2) is 4.68 Å². The Hall–Kier alpha value is -2.45. The Bertz CT molecular complexity index is 937. The number of hydrogen-bond donors (Lipinski definition) is 2. The maximum absolute atomic E-state index is 12.2. The zero-order valence-corrected chi connectivity index (χ0v) is 17.3. The zero-order chi connectivity index (χ0) is 19.2. The summed E-state index contributed by atoms with van der Waals surface area (Å²) in [5.74, 6) is -0.378. The van der Waals surface area contributed by atoms with Crippen LogP contribution >= 0.6 is 31.9 Å².